The second kappa shape index (κ2) is 22.0. The number of hydrogen-bond acceptors (Lipinski definition) is 3. The summed E-state index contributed by atoms with van der Waals surface area (Å²) in [7, 11) is 0. The van der Waals surface area contributed by atoms with E-state index in [2.05, 4.69) is 33.4 Å². The maximum atomic E-state index is 10.1. The quantitative estimate of drug-likeness (QED) is 0.105. The van der Waals surface area contributed by atoms with E-state index in [0.717, 1.165) is 19.4 Å². The predicted molar refractivity (Wildman–Crippen MR) is 128 cm³/mol. The van der Waals surface area contributed by atoms with E-state index >= 15 is 0 Å². The highest BCUT2D eigenvalue weighted by atomic mass is 32.1. The molecule has 2 nitrogen and oxygen atoms in total. The van der Waals surface area contributed by atoms with E-state index < -0.39 is 5.44 Å². The predicted octanol–water partition coefficient (Wildman–Crippen LogP) is 8.32. The van der Waals surface area contributed by atoms with Gasteiger partial charge in [-0.3, -0.25) is 0 Å². The number of rotatable bonds is 22. The van der Waals surface area contributed by atoms with Crippen molar-refractivity contribution in [3.05, 3.63) is 0 Å². The Kier molecular flexibility index (Phi) is 22.2. The second-order valence-electron chi connectivity index (χ2n) is 8.74. The van der Waals surface area contributed by atoms with Gasteiger partial charge >= 0.3 is 0 Å². The molecular weight excluding hydrogens is 364 g/mol. The maximum absolute atomic E-state index is 10.1. The summed E-state index contributed by atoms with van der Waals surface area (Å²) in [5.41, 5.74) is -0.654. The molecule has 0 fully saturated rings. The number of thiol groups is 1. The summed E-state index contributed by atoms with van der Waals surface area (Å²) in [6, 6.07) is 0. The zero-order valence-corrected chi connectivity index (χ0v) is 20.4. The summed E-state index contributed by atoms with van der Waals surface area (Å²) >= 11 is 4.32. The van der Waals surface area contributed by atoms with Gasteiger partial charge in [0.05, 0.1) is 6.10 Å². The molecule has 0 radical (unpaired) electrons. The third-order valence-corrected chi connectivity index (χ3v) is 6.24. The molecule has 0 aliphatic rings. The van der Waals surface area contributed by atoms with Gasteiger partial charge < -0.3 is 9.84 Å². The highest BCUT2D eigenvalue weighted by molar-refractivity contribution is 7.80. The monoisotopic (exact) mass is 416 g/mol. The highest BCUT2D eigenvalue weighted by Crippen LogP contribution is 2.25. The van der Waals surface area contributed by atoms with Crippen LogP contribution in [-0.2, 0) is 4.74 Å². The van der Waals surface area contributed by atoms with Crippen LogP contribution in [0, 0.1) is 5.92 Å². The fourth-order valence-corrected chi connectivity index (χ4v) is 4.19. The summed E-state index contributed by atoms with van der Waals surface area (Å²) in [5.74, 6) is 0.673. The summed E-state index contributed by atoms with van der Waals surface area (Å²) in [6.07, 6.45) is 23.1. The molecule has 0 aromatic carbocycles. The molecule has 3 heteroatoms. The zero-order valence-electron chi connectivity index (χ0n) is 19.5. The molecule has 170 valence electrons. The van der Waals surface area contributed by atoms with Crippen LogP contribution >= 0.6 is 12.6 Å². The van der Waals surface area contributed by atoms with Gasteiger partial charge in [-0.15, -0.1) is 12.6 Å². The molecule has 0 saturated carbocycles. The largest absolute Gasteiger partial charge is 0.380 e. The van der Waals surface area contributed by atoms with Crippen LogP contribution < -0.4 is 0 Å². The van der Waals surface area contributed by atoms with Gasteiger partial charge in [-0.05, 0) is 18.8 Å². The second-order valence-corrected chi connectivity index (χ2v) is 9.27. The van der Waals surface area contributed by atoms with Crippen molar-refractivity contribution >= 4 is 12.6 Å². The van der Waals surface area contributed by atoms with E-state index in [1.165, 1.54) is 103 Å². The molecule has 28 heavy (non-hydrogen) atoms. The van der Waals surface area contributed by atoms with Crippen molar-refractivity contribution in [1.82, 2.24) is 0 Å². The Bertz CT molecular complexity index is 296. The van der Waals surface area contributed by atoms with Crippen LogP contribution in [-0.4, -0.2) is 23.3 Å². The van der Waals surface area contributed by atoms with Crippen LogP contribution in [0.4, 0.5) is 0 Å². The van der Waals surface area contributed by atoms with Crippen LogP contribution in [0.5, 0.6) is 0 Å². The molecular formula is C25H52O2S. The fraction of sp³-hybridized carbons (Fsp3) is 1.00. The molecule has 0 aromatic heterocycles. The van der Waals surface area contributed by atoms with Crippen molar-refractivity contribution in [2.24, 2.45) is 5.92 Å². The first-order valence-corrected chi connectivity index (χ1v) is 13.1. The molecule has 0 aromatic rings. The summed E-state index contributed by atoms with van der Waals surface area (Å²) in [4.78, 5) is 0. The summed E-state index contributed by atoms with van der Waals surface area (Å²) < 4.78 is 6.08. The first kappa shape index (κ1) is 28.3. The Morgan fingerprint density at radius 1 is 0.643 bits per heavy atom. The van der Waals surface area contributed by atoms with E-state index in [4.69, 9.17) is 4.74 Å². The lowest BCUT2D eigenvalue weighted by Gasteiger charge is -2.26. The maximum Gasteiger partial charge on any atom is 0.123 e. The SMILES string of the molecule is CCCCCCCCCCOC(CC(CCCC)CCCCCCC)C(O)S. The first-order valence-electron chi connectivity index (χ1n) is 12.6. The average Bonchev–Trinajstić information content (AvgIpc) is 2.68. The Morgan fingerprint density at radius 2 is 1.11 bits per heavy atom. The van der Waals surface area contributed by atoms with Crippen LogP contribution in [0.15, 0.2) is 0 Å². The molecule has 0 aliphatic carbocycles. The van der Waals surface area contributed by atoms with E-state index in [-0.39, 0.29) is 6.10 Å². The Balaban J connectivity index is 4.05. The highest BCUT2D eigenvalue weighted by Gasteiger charge is 2.21. The number of aliphatic hydroxyl groups excluding tert-OH is 1. The van der Waals surface area contributed by atoms with Crippen LogP contribution in [0.3, 0.4) is 0 Å². The lowest BCUT2D eigenvalue weighted by atomic mass is 9.90. The number of ether oxygens (including phenoxy) is 1. The summed E-state index contributed by atoms with van der Waals surface area (Å²) in [5, 5.41) is 10.1. The van der Waals surface area contributed by atoms with Crippen molar-refractivity contribution in [3.63, 3.8) is 0 Å². The molecule has 0 rings (SSSR count). The first-order chi connectivity index (χ1) is 13.7. The Labute approximate surface area is 183 Å². The van der Waals surface area contributed by atoms with Crippen molar-refractivity contribution in [2.45, 2.75) is 148 Å². The van der Waals surface area contributed by atoms with Gasteiger partial charge in [0.15, 0.2) is 0 Å². The van der Waals surface area contributed by atoms with Gasteiger partial charge in [0.1, 0.15) is 5.44 Å². The van der Waals surface area contributed by atoms with Crippen molar-refractivity contribution < 1.29 is 9.84 Å². The van der Waals surface area contributed by atoms with E-state index in [0.29, 0.717) is 5.92 Å². The Hall–Kier alpha value is 0.270. The van der Waals surface area contributed by atoms with Gasteiger partial charge in [-0.1, -0.05) is 124 Å². The topological polar surface area (TPSA) is 29.5 Å². The van der Waals surface area contributed by atoms with Crippen LogP contribution in [0.2, 0.25) is 0 Å². The molecule has 0 aliphatic heterocycles. The van der Waals surface area contributed by atoms with E-state index in [1.54, 1.807) is 0 Å². The summed E-state index contributed by atoms with van der Waals surface area (Å²) in [6.45, 7) is 7.58. The van der Waals surface area contributed by atoms with Crippen molar-refractivity contribution in [1.29, 1.82) is 0 Å². The van der Waals surface area contributed by atoms with Gasteiger partial charge in [0.2, 0.25) is 0 Å². The minimum absolute atomic E-state index is 0.106. The molecule has 1 N–H and O–H groups in total. The van der Waals surface area contributed by atoms with Gasteiger partial charge in [0, 0.05) is 6.61 Å². The molecule has 0 heterocycles. The normalized spacial score (nSPS) is 14.9. The molecule has 0 amide bonds. The standard InChI is InChI=1S/C25H52O2S/c1-4-7-10-12-13-14-16-18-21-27-24(25(26)28)22-23(19-9-6-3)20-17-15-11-8-5-2/h23-26,28H,4-22H2,1-3H3. The molecule has 0 saturated heterocycles. The average molecular weight is 417 g/mol. The number of aliphatic hydroxyl groups is 1. The lowest BCUT2D eigenvalue weighted by molar-refractivity contribution is -0.0172. The molecule has 0 spiro atoms. The van der Waals surface area contributed by atoms with E-state index in [9.17, 15) is 5.11 Å². The van der Waals surface area contributed by atoms with Gasteiger partial charge in [-0.2, -0.15) is 0 Å². The third-order valence-electron chi connectivity index (χ3n) is 5.91. The fourth-order valence-electron chi connectivity index (χ4n) is 3.98. The number of hydrogen-bond donors (Lipinski definition) is 2. The molecule has 0 bridgehead atoms. The van der Waals surface area contributed by atoms with Crippen LogP contribution in [0.25, 0.3) is 0 Å². The minimum Gasteiger partial charge on any atom is -0.380 e. The van der Waals surface area contributed by atoms with Crippen molar-refractivity contribution in [3.8, 4) is 0 Å². The smallest absolute Gasteiger partial charge is 0.123 e. The Morgan fingerprint density at radius 3 is 1.64 bits per heavy atom. The van der Waals surface area contributed by atoms with Gasteiger partial charge in [-0.25, -0.2) is 0 Å². The minimum atomic E-state index is -0.654. The lowest BCUT2D eigenvalue weighted by Crippen LogP contribution is -2.28. The molecule has 3 atom stereocenters. The van der Waals surface area contributed by atoms with Crippen molar-refractivity contribution in [2.75, 3.05) is 6.61 Å². The molecule has 3 unspecified atom stereocenters. The van der Waals surface area contributed by atoms with Crippen LogP contribution in [0.1, 0.15) is 136 Å². The van der Waals surface area contributed by atoms with E-state index in [1.807, 2.05) is 0 Å². The van der Waals surface area contributed by atoms with Gasteiger partial charge in [0.25, 0.3) is 0 Å². The zero-order chi connectivity index (χ0) is 20.9. The third kappa shape index (κ3) is 18.3. The number of unbranched alkanes of at least 4 members (excludes halogenated alkanes) is 12.